The van der Waals surface area contributed by atoms with E-state index in [9.17, 15) is 13.5 Å². The molecule has 0 spiro atoms. The first-order valence-electron chi connectivity index (χ1n) is 9.65. The summed E-state index contributed by atoms with van der Waals surface area (Å²) in [6.07, 6.45) is 1.88. The van der Waals surface area contributed by atoms with Crippen molar-refractivity contribution >= 4 is 10.0 Å². The van der Waals surface area contributed by atoms with Crippen molar-refractivity contribution in [3.63, 3.8) is 0 Å². The molecule has 1 aromatic heterocycles. The zero-order valence-corrected chi connectivity index (χ0v) is 18.1. The number of sulfonamides is 1. The fraction of sp³-hybridized carbons (Fsp3) is 0.579. The molecule has 2 N–H and O–H groups in total. The normalized spacial score (nSPS) is 16.4. The van der Waals surface area contributed by atoms with E-state index in [1.165, 1.54) is 0 Å². The molecule has 160 valence electrons. The highest BCUT2D eigenvalue weighted by atomic mass is 32.2. The first-order valence-corrected chi connectivity index (χ1v) is 11.5. The zero-order valence-electron chi connectivity index (χ0n) is 17.3. The smallest absolute Gasteiger partial charge is 0.209 e. The first-order chi connectivity index (χ1) is 13.7. The van der Waals surface area contributed by atoms with Crippen molar-refractivity contribution in [1.29, 1.82) is 0 Å². The molecule has 1 aliphatic heterocycles. The van der Waals surface area contributed by atoms with Gasteiger partial charge in [-0.2, -0.15) is 0 Å². The van der Waals surface area contributed by atoms with Gasteiger partial charge < -0.3 is 14.4 Å². The molecule has 0 saturated carbocycles. The third-order valence-corrected chi connectivity index (χ3v) is 5.78. The highest BCUT2D eigenvalue weighted by Gasteiger charge is 2.28. The molecule has 0 unspecified atom stereocenters. The second-order valence-electron chi connectivity index (χ2n) is 7.76. The van der Waals surface area contributed by atoms with E-state index in [4.69, 9.17) is 4.74 Å². The number of nitrogens with zero attached hydrogens (tertiary/aromatic N) is 4. The van der Waals surface area contributed by atoms with E-state index in [1.54, 1.807) is 19.2 Å². The number of aromatic nitrogens is 3. The van der Waals surface area contributed by atoms with Crippen LogP contribution in [0.25, 0.3) is 0 Å². The molecule has 9 nitrogen and oxygen atoms in total. The minimum Gasteiger partial charge on any atom is -0.508 e. The van der Waals surface area contributed by atoms with Crippen molar-refractivity contribution in [2.24, 2.45) is 5.92 Å². The van der Waals surface area contributed by atoms with Gasteiger partial charge in [0.25, 0.3) is 0 Å². The number of phenolic OH excluding ortho intramolecular Hbond substituents is 1. The molecule has 0 bridgehead atoms. The maximum atomic E-state index is 11.8. The summed E-state index contributed by atoms with van der Waals surface area (Å²) in [4.78, 5) is 2.29. The third-order valence-electron chi connectivity index (χ3n) is 5.10. The number of phenols is 1. The maximum Gasteiger partial charge on any atom is 0.209 e. The quantitative estimate of drug-likeness (QED) is 0.691. The van der Waals surface area contributed by atoms with E-state index >= 15 is 0 Å². The Bertz CT molecular complexity index is 958. The van der Waals surface area contributed by atoms with Gasteiger partial charge in [-0.1, -0.05) is 19.9 Å². The van der Waals surface area contributed by atoms with E-state index in [0.717, 1.165) is 37.2 Å². The summed E-state index contributed by atoms with van der Waals surface area (Å²) in [5.74, 6) is 2.39. The average molecular weight is 424 g/mol. The van der Waals surface area contributed by atoms with Gasteiger partial charge >= 0.3 is 0 Å². The first kappa shape index (κ1) is 21.5. The van der Waals surface area contributed by atoms with Crippen LogP contribution in [0.15, 0.2) is 18.2 Å². The number of nitrogens with one attached hydrogen (secondary N) is 1. The Kier molecular flexibility index (Phi) is 6.45. The van der Waals surface area contributed by atoms with E-state index in [0.29, 0.717) is 24.7 Å². The molecular weight excluding hydrogens is 394 g/mol. The van der Waals surface area contributed by atoms with Crippen molar-refractivity contribution in [1.82, 2.24) is 24.4 Å². The number of methoxy groups -OCH3 is 1. The van der Waals surface area contributed by atoms with E-state index < -0.39 is 16.1 Å². The third kappa shape index (κ3) is 5.26. The topological polar surface area (TPSA) is 110 Å². The lowest BCUT2D eigenvalue weighted by Gasteiger charge is -2.23. The van der Waals surface area contributed by atoms with E-state index in [1.807, 2.05) is 24.5 Å². The van der Waals surface area contributed by atoms with Crippen LogP contribution >= 0.6 is 0 Å². The van der Waals surface area contributed by atoms with Gasteiger partial charge in [-0.3, -0.25) is 4.90 Å². The summed E-state index contributed by atoms with van der Waals surface area (Å²) < 4.78 is 33.7. The molecule has 1 aromatic carbocycles. The number of hydrogen-bond donors (Lipinski definition) is 2. The Morgan fingerprint density at radius 1 is 1.24 bits per heavy atom. The average Bonchev–Trinajstić information content (AvgIpc) is 2.94. The predicted octanol–water partition coefficient (Wildman–Crippen LogP) is 1.30. The van der Waals surface area contributed by atoms with Crippen LogP contribution in [0.1, 0.15) is 37.1 Å². The van der Waals surface area contributed by atoms with Gasteiger partial charge in [-0.15, -0.1) is 10.2 Å². The molecule has 2 aromatic rings. The molecule has 1 atom stereocenters. The second-order valence-corrected chi connectivity index (χ2v) is 9.54. The number of benzene rings is 1. The summed E-state index contributed by atoms with van der Waals surface area (Å²) in [5, 5.41) is 18.3. The van der Waals surface area contributed by atoms with Crippen LogP contribution in [-0.2, 0) is 29.5 Å². The van der Waals surface area contributed by atoms with Crippen molar-refractivity contribution in [2.45, 2.75) is 39.4 Å². The lowest BCUT2D eigenvalue weighted by Crippen LogP contribution is -2.33. The molecule has 0 radical (unpaired) electrons. The largest absolute Gasteiger partial charge is 0.508 e. The minimum absolute atomic E-state index is 0.0404. The summed E-state index contributed by atoms with van der Waals surface area (Å²) >= 11 is 0. The summed E-state index contributed by atoms with van der Waals surface area (Å²) in [6, 6.07) is 4.72. The molecule has 0 aliphatic carbocycles. The fourth-order valence-electron chi connectivity index (χ4n) is 3.60. The Labute approximate surface area is 171 Å². The zero-order chi connectivity index (χ0) is 21.2. The summed E-state index contributed by atoms with van der Waals surface area (Å²) in [5.41, 5.74) is 1.00. The van der Waals surface area contributed by atoms with Crippen LogP contribution in [0.3, 0.4) is 0 Å². The van der Waals surface area contributed by atoms with Crippen molar-refractivity contribution in [2.75, 3.05) is 26.5 Å². The standard InChI is InChI=1S/C19H29N5O4S/c1-13(2)18(22-29(4,26)27)19-21-20-17-7-8-23(9-10-24(17)19)12-14-5-6-15(25)11-16(14)28-3/h5-6,11,13,18,22,25H,7-10,12H2,1-4H3/t18-/m0/s1. The Morgan fingerprint density at radius 2 is 2.00 bits per heavy atom. The van der Waals surface area contributed by atoms with Gasteiger partial charge in [0.1, 0.15) is 17.3 Å². The number of rotatable bonds is 7. The molecule has 0 saturated heterocycles. The van der Waals surface area contributed by atoms with Gasteiger partial charge in [0.05, 0.1) is 19.4 Å². The van der Waals surface area contributed by atoms with Gasteiger partial charge in [0.2, 0.25) is 10.0 Å². The van der Waals surface area contributed by atoms with Gasteiger partial charge in [-0.05, 0) is 12.0 Å². The highest BCUT2D eigenvalue weighted by Crippen LogP contribution is 2.27. The van der Waals surface area contributed by atoms with Crippen LogP contribution < -0.4 is 9.46 Å². The second kappa shape index (κ2) is 8.68. The summed E-state index contributed by atoms with van der Waals surface area (Å²) in [7, 11) is -1.78. The Morgan fingerprint density at radius 3 is 2.66 bits per heavy atom. The molecular formula is C19H29N5O4S. The molecule has 2 heterocycles. The molecule has 0 fully saturated rings. The van der Waals surface area contributed by atoms with Crippen LogP contribution in [0.5, 0.6) is 11.5 Å². The van der Waals surface area contributed by atoms with Crippen molar-refractivity contribution < 1.29 is 18.3 Å². The SMILES string of the molecule is COc1cc(O)ccc1CN1CCc2nnc([C@@H](NS(C)(=O)=O)C(C)C)n2CC1. The van der Waals surface area contributed by atoms with Gasteiger partial charge in [-0.25, -0.2) is 13.1 Å². The molecule has 10 heteroatoms. The minimum atomic E-state index is -3.37. The number of hydrogen-bond acceptors (Lipinski definition) is 7. The monoisotopic (exact) mass is 423 g/mol. The van der Waals surface area contributed by atoms with Crippen LogP contribution in [-0.4, -0.2) is 59.6 Å². The fourth-order valence-corrected chi connectivity index (χ4v) is 4.44. The van der Waals surface area contributed by atoms with Crippen LogP contribution in [0, 0.1) is 5.92 Å². The maximum absolute atomic E-state index is 11.8. The van der Waals surface area contributed by atoms with Gasteiger partial charge in [0.15, 0.2) is 5.82 Å². The lowest BCUT2D eigenvalue weighted by atomic mass is 10.1. The van der Waals surface area contributed by atoms with Crippen molar-refractivity contribution in [3.05, 3.63) is 35.4 Å². The van der Waals surface area contributed by atoms with E-state index in [-0.39, 0.29) is 11.7 Å². The summed E-state index contributed by atoms with van der Waals surface area (Å²) in [6.45, 7) is 6.86. The number of aromatic hydroxyl groups is 1. The Hall–Kier alpha value is -2.17. The highest BCUT2D eigenvalue weighted by molar-refractivity contribution is 7.88. The molecule has 1 aliphatic rings. The number of fused-ring (bicyclic) bond motifs is 1. The van der Waals surface area contributed by atoms with E-state index in [2.05, 4.69) is 19.8 Å². The van der Waals surface area contributed by atoms with Gasteiger partial charge in [0, 0.05) is 44.2 Å². The lowest BCUT2D eigenvalue weighted by molar-refractivity contribution is 0.264. The number of ether oxygens (including phenoxy) is 1. The van der Waals surface area contributed by atoms with Crippen molar-refractivity contribution in [3.8, 4) is 11.5 Å². The van der Waals surface area contributed by atoms with Crippen LogP contribution in [0.4, 0.5) is 0 Å². The molecule has 29 heavy (non-hydrogen) atoms. The predicted molar refractivity (Wildman–Crippen MR) is 109 cm³/mol. The Balaban J connectivity index is 1.77. The van der Waals surface area contributed by atoms with Crippen LogP contribution in [0.2, 0.25) is 0 Å². The molecule has 0 amide bonds. The molecule has 3 rings (SSSR count).